The van der Waals surface area contributed by atoms with Crippen molar-refractivity contribution >= 4 is 6.09 Å². The van der Waals surface area contributed by atoms with Crippen LogP contribution in [0.1, 0.15) is 51.2 Å². The van der Waals surface area contributed by atoms with E-state index in [1.165, 1.54) is 11.1 Å². The number of fused-ring (bicyclic) bond motifs is 1. The highest BCUT2D eigenvalue weighted by Gasteiger charge is 2.29. The summed E-state index contributed by atoms with van der Waals surface area (Å²) in [5, 5.41) is 3.06. The topological polar surface area (TPSA) is 56.8 Å². The van der Waals surface area contributed by atoms with Crippen LogP contribution in [0, 0.1) is 0 Å². The van der Waals surface area contributed by atoms with Crippen LogP contribution in [0.4, 0.5) is 4.79 Å². The number of carbonyl (C=O) groups excluding carboxylic acids is 1. The fraction of sp³-hybridized carbons (Fsp3) is 0.345. The molecule has 0 radical (unpaired) electrons. The van der Waals surface area contributed by atoms with Crippen molar-refractivity contribution in [2.24, 2.45) is 0 Å². The number of rotatable bonds is 5. The van der Waals surface area contributed by atoms with Crippen LogP contribution in [0.3, 0.4) is 0 Å². The van der Waals surface area contributed by atoms with E-state index in [4.69, 9.17) is 14.2 Å². The Bertz CT molecular complexity index is 1160. The Balaban J connectivity index is 1.55. The van der Waals surface area contributed by atoms with Gasteiger partial charge in [-0.3, -0.25) is 0 Å². The predicted octanol–water partition coefficient (Wildman–Crippen LogP) is 7.10. The molecule has 34 heavy (non-hydrogen) atoms. The van der Waals surface area contributed by atoms with E-state index in [9.17, 15) is 4.79 Å². The lowest BCUT2D eigenvalue weighted by Gasteiger charge is -2.33. The monoisotopic (exact) mass is 459 g/mol. The van der Waals surface area contributed by atoms with Crippen molar-refractivity contribution in [2.45, 2.75) is 58.1 Å². The lowest BCUT2D eigenvalue weighted by atomic mass is 9.80. The van der Waals surface area contributed by atoms with E-state index in [2.05, 4.69) is 24.4 Å². The van der Waals surface area contributed by atoms with Gasteiger partial charge in [-0.1, -0.05) is 43.3 Å². The Hall–Kier alpha value is -3.47. The van der Waals surface area contributed by atoms with Gasteiger partial charge in [-0.25, -0.2) is 4.79 Å². The Morgan fingerprint density at radius 2 is 1.76 bits per heavy atom. The first-order chi connectivity index (χ1) is 16.2. The van der Waals surface area contributed by atoms with Gasteiger partial charge in [0.25, 0.3) is 0 Å². The van der Waals surface area contributed by atoms with E-state index in [0.717, 1.165) is 41.2 Å². The van der Waals surface area contributed by atoms with Crippen molar-refractivity contribution in [1.82, 2.24) is 5.32 Å². The average molecular weight is 460 g/mol. The Labute approximate surface area is 202 Å². The molecule has 0 aromatic heterocycles. The van der Waals surface area contributed by atoms with Crippen molar-refractivity contribution < 1.29 is 19.0 Å². The van der Waals surface area contributed by atoms with Gasteiger partial charge in [0.2, 0.25) is 0 Å². The van der Waals surface area contributed by atoms with Crippen LogP contribution in [-0.4, -0.2) is 24.8 Å². The third kappa shape index (κ3) is 5.53. The smallest absolute Gasteiger partial charge is 0.407 e. The molecule has 0 aliphatic heterocycles. The normalized spacial score (nSPS) is 17.4. The molecule has 0 spiro atoms. The minimum atomic E-state index is -0.517. The summed E-state index contributed by atoms with van der Waals surface area (Å²) in [6.45, 7) is 7.77. The first kappa shape index (κ1) is 23.7. The molecule has 0 heterocycles. The number of nitrogens with one attached hydrogen (secondary N) is 1. The zero-order chi connectivity index (χ0) is 24.3. The zero-order valence-corrected chi connectivity index (χ0v) is 20.6. The van der Waals surface area contributed by atoms with Crippen molar-refractivity contribution in [2.75, 3.05) is 7.11 Å². The molecule has 2 atom stereocenters. The summed E-state index contributed by atoms with van der Waals surface area (Å²) in [5.41, 5.74) is 4.00. The van der Waals surface area contributed by atoms with E-state index in [0.29, 0.717) is 0 Å². The van der Waals surface area contributed by atoms with Gasteiger partial charge < -0.3 is 19.5 Å². The fourth-order valence-corrected chi connectivity index (χ4v) is 4.43. The summed E-state index contributed by atoms with van der Waals surface area (Å²) >= 11 is 0. The molecule has 3 aromatic carbocycles. The third-order valence-electron chi connectivity index (χ3n) is 6.13. The highest BCUT2D eigenvalue weighted by molar-refractivity contribution is 5.72. The van der Waals surface area contributed by atoms with Crippen LogP contribution in [0.15, 0.2) is 66.7 Å². The number of benzene rings is 3. The maximum absolute atomic E-state index is 12.3. The Morgan fingerprint density at radius 1 is 0.971 bits per heavy atom. The van der Waals surface area contributed by atoms with Gasteiger partial charge in [-0.15, -0.1) is 0 Å². The molecule has 5 nitrogen and oxygen atoms in total. The molecule has 4 rings (SSSR count). The van der Waals surface area contributed by atoms with Gasteiger partial charge in [0.05, 0.1) is 7.11 Å². The number of ether oxygens (including phenoxy) is 3. The first-order valence-electron chi connectivity index (χ1n) is 11.8. The lowest BCUT2D eigenvalue weighted by Crippen LogP contribution is -2.43. The predicted molar refractivity (Wildman–Crippen MR) is 135 cm³/mol. The Kier molecular flexibility index (Phi) is 6.82. The van der Waals surface area contributed by atoms with E-state index < -0.39 is 5.60 Å². The number of carbonyl (C=O) groups is 1. The number of alkyl carbamates (subject to hydrolysis) is 1. The molecule has 0 saturated heterocycles. The summed E-state index contributed by atoms with van der Waals surface area (Å²) in [4.78, 5) is 12.3. The van der Waals surface area contributed by atoms with Gasteiger partial charge in [0.15, 0.2) is 0 Å². The SMILES string of the molecule is COc1cccc(-c2ccccc2Oc2ccc3c(c2)C(C)C(NC(=O)OC(C)(C)C)CC3)c1. The average Bonchev–Trinajstić information content (AvgIpc) is 2.80. The van der Waals surface area contributed by atoms with E-state index >= 15 is 0 Å². The van der Waals surface area contributed by atoms with Crippen LogP contribution in [0.25, 0.3) is 11.1 Å². The number of hydrogen-bond acceptors (Lipinski definition) is 4. The molecule has 1 N–H and O–H groups in total. The maximum Gasteiger partial charge on any atom is 0.407 e. The quantitative estimate of drug-likeness (QED) is 0.442. The van der Waals surface area contributed by atoms with Crippen molar-refractivity contribution in [3.05, 3.63) is 77.9 Å². The third-order valence-corrected chi connectivity index (χ3v) is 6.13. The van der Waals surface area contributed by atoms with E-state index in [-0.39, 0.29) is 18.1 Å². The number of hydrogen-bond donors (Lipinski definition) is 1. The largest absolute Gasteiger partial charge is 0.497 e. The number of methoxy groups -OCH3 is 1. The minimum Gasteiger partial charge on any atom is -0.497 e. The molecule has 2 unspecified atom stereocenters. The molecular formula is C29H33NO4. The first-order valence-corrected chi connectivity index (χ1v) is 11.8. The summed E-state index contributed by atoms with van der Waals surface area (Å²) in [6.07, 6.45) is 1.42. The van der Waals surface area contributed by atoms with Gasteiger partial charge in [0, 0.05) is 17.5 Å². The van der Waals surface area contributed by atoms with E-state index in [1.54, 1.807) is 7.11 Å². The highest BCUT2D eigenvalue weighted by atomic mass is 16.6. The summed E-state index contributed by atoms with van der Waals surface area (Å²) in [5.74, 6) is 2.51. The van der Waals surface area contributed by atoms with Crippen LogP contribution in [0.5, 0.6) is 17.2 Å². The van der Waals surface area contributed by atoms with Gasteiger partial charge in [0.1, 0.15) is 22.8 Å². The second-order valence-electron chi connectivity index (χ2n) is 9.77. The maximum atomic E-state index is 12.3. The molecule has 1 aliphatic carbocycles. The van der Waals surface area contributed by atoms with Crippen LogP contribution in [-0.2, 0) is 11.2 Å². The van der Waals surface area contributed by atoms with Crippen molar-refractivity contribution in [1.29, 1.82) is 0 Å². The molecule has 178 valence electrons. The second kappa shape index (κ2) is 9.80. The number of amides is 1. The molecule has 5 heteroatoms. The lowest BCUT2D eigenvalue weighted by molar-refractivity contribution is 0.0493. The number of para-hydroxylation sites is 1. The fourth-order valence-electron chi connectivity index (χ4n) is 4.43. The van der Waals surface area contributed by atoms with Crippen molar-refractivity contribution in [3.63, 3.8) is 0 Å². The molecule has 1 amide bonds. The zero-order valence-electron chi connectivity index (χ0n) is 20.6. The van der Waals surface area contributed by atoms with Gasteiger partial charge in [-0.05, 0) is 80.6 Å². The standard InChI is InChI=1S/C29H33NO4/c1-19-25-18-23(15-13-20(25)14-16-26(19)30-28(31)34-29(2,3)4)33-27-12-7-6-11-24(27)21-9-8-10-22(17-21)32-5/h6-13,15,17-19,26H,14,16H2,1-5H3,(H,30,31). The van der Waals surface area contributed by atoms with Crippen LogP contribution < -0.4 is 14.8 Å². The summed E-state index contributed by atoms with van der Waals surface area (Å²) < 4.78 is 17.2. The van der Waals surface area contributed by atoms with Crippen LogP contribution >= 0.6 is 0 Å². The molecule has 3 aromatic rings. The van der Waals surface area contributed by atoms with E-state index in [1.807, 2.05) is 75.4 Å². The minimum absolute atomic E-state index is 0.0154. The Morgan fingerprint density at radius 3 is 2.53 bits per heavy atom. The summed E-state index contributed by atoms with van der Waals surface area (Å²) in [6, 6.07) is 22.2. The molecular weight excluding hydrogens is 426 g/mol. The van der Waals surface area contributed by atoms with Gasteiger partial charge in [-0.2, -0.15) is 0 Å². The molecule has 0 fully saturated rings. The molecule has 0 bridgehead atoms. The second-order valence-corrected chi connectivity index (χ2v) is 9.77. The molecule has 0 saturated carbocycles. The summed E-state index contributed by atoms with van der Waals surface area (Å²) in [7, 11) is 1.67. The van der Waals surface area contributed by atoms with Gasteiger partial charge >= 0.3 is 6.09 Å². The number of aryl methyl sites for hydroxylation is 1. The highest BCUT2D eigenvalue weighted by Crippen LogP contribution is 2.38. The van der Waals surface area contributed by atoms with Crippen LogP contribution in [0.2, 0.25) is 0 Å². The molecule has 1 aliphatic rings. The van der Waals surface area contributed by atoms with Crippen molar-refractivity contribution in [3.8, 4) is 28.4 Å².